The molecule has 0 spiro atoms. The van der Waals surface area contributed by atoms with Crippen molar-refractivity contribution < 1.29 is 4.39 Å². The molecule has 1 heterocycles. The lowest BCUT2D eigenvalue weighted by Gasteiger charge is -2.12. The quantitative estimate of drug-likeness (QED) is 0.132. The summed E-state index contributed by atoms with van der Waals surface area (Å²) in [5.74, 6) is 1.50. The van der Waals surface area contributed by atoms with Crippen LogP contribution in [0.3, 0.4) is 0 Å². The second-order valence-electron chi connectivity index (χ2n) is 6.99. The fraction of sp³-hybridized carbons (Fsp3) is 0.250. The van der Waals surface area contributed by atoms with Crippen LogP contribution in [0.2, 0.25) is 0 Å². The Morgan fingerprint density at radius 2 is 1.72 bits per heavy atom. The number of benzene rings is 2. The Hall–Kier alpha value is -2.33. The largest absolute Gasteiger partial charge is 0.356 e. The van der Waals surface area contributed by atoms with Gasteiger partial charge in [0, 0.05) is 37.3 Å². The summed E-state index contributed by atoms with van der Waals surface area (Å²) in [6.07, 6.45) is 2.77. The van der Waals surface area contributed by atoms with Crippen LogP contribution in [0.5, 0.6) is 0 Å². The molecule has 8 heteroatoms. The van der Waals surface area contributed by atoms with E-state index in [2.05, 4.69) is 27.8 Å². The summed E-state index contributed by atoms with van der Waals surface area (Å²) in [4.78, 5) is 17.2. The first kappa shape index (κ1) is 25.9. The number of aliphatic imine (C=N–C) groups is 1. The van der Waals surface area contributed by atoms with Crippen molar-refractivity contribution in [2.75, 3.05) is 19.3 Å². The highest BCUT2D eigenvalue weighted by Gasteiger charge is 2.01. The molecule has 0 aliphatic heterocycles. The number of nitrogens with zero attached hydrogens (tertiary/aromatic N) is 2. The van der Waals surface area contributed by atoms with Crippen molar-refractivity contribution in [1.29, 1.82) is 0 Å². The molecule has 0 radical (unpaired) electrons. The molecule has 0 aliphatic rings. The summed E-state index contributed by atoms with van der Waals surface area (Å²) in [5.41, 5.74) is 2.22. The molecule has 5 nitrogen and oxygen atoms in total. The third-order valence-corrected chi connectivity index (χ3v) is 5.75. The molecule has 0 amide bonds. The molecule has 2 N–H and O–H groups in total. The highest BCUT2D eigenvalue weighted by molar-refractivity contribution is 14.0. The van der Waals surface area contributed by atoms with Crippen molar-refractivity contribution in [3.05, 3.63) is 100 Å². The SMILES string of the molecule is CN=C(NCCCSc1ccc(F)cc1)NCc1ccc(Cn2ccccc2=O)cc1.I. The predicted molar refractivity (Wildman–Crippen MR) is 142 cm³/mol. The number of pyridine rings is 1. The van der Waals surface area contributed by atoms with Gasteiger partial charge in [-0.3, -0.25) is 9.79 Å². The van der Waals surface area contributed by atoms with E-state index < -0.39 is 0 Å². The van der Waals surface area contributed by atoms with E-state index in [1.165, 1.54) is 12.1 Å². The second kappa shape index (κ2) is 13.9. The van der Waals surface area contributed by atoms with Crippen LogP contribution in [0.15, 0.2) is 87.6 Å². The van der Waals surface area contributed by atoms with Crippen LogP contribution in [0, 0.1) is 5.82 Å². The zero-order valence-electron chi connectivity index (χ0n) is 18.0. The molecular formula is C24H28FIN4OS. The molecule has 0 unspecified atom stereocenters. The number of rotatable bonds is 9. The van der Waals surface area contributed by atoms with Gasteiger partial charge in [-0.1, -0.05) is 30.3 Å². The fourth-order valence-corrected chi connectivity index (χ4v) is 3.81. The molecule has 0 bridgehead atoms. The maximum absolute atomic E-state index is 12.9. The lowest BCUT2D eigenvalue weighted by atomic mass is 10.1. The standard InChI is InChI=1S/C24H27FN4OS.HI/c1-26-24(27-14-4-16-31-22-12-10-21(25)11-13-22)28-17-19-6-8-20(9-7-19)18-29-15-3-2-5-23(29)30;/h2-3,5-13,15H,4,14,16-18H2,1H3,(H2,26,27,28);1H. The van der Waals surface area contributed by atoms with E-state index in [1.54, 1.807) is 53.8 Å². The van der Waals surface area contributed by atoms with Crippen LogP contribution >= 0.6 is 35.7 Å². The number of hydrogen-bond acceptors (Lipinski definition) is 3. The summed E-state index contributed by atoms with van der Waals surface area (Å²) in [6, 6.07) is 20.0. The summed E-state index contributed by atoms with van der Waals surface area (Å²) in [7, 11) is 1.75. The molecule has 0 saturated carbocycles. The normalized spacial score (nSPS) is 11.0. The van der Waals surface area contributed by atoms with Gasteiger partial charge in [-0.25, -0.2) is 4.39 Å². The zero-order chi connectivity index (χ0) is 21.9. The average molecular weight is 566 g/mol. The van der Waals surface area contributed by atoms with Gasteiger partial charge in [-0.15, -0.1) is 35.7 Å². The lowest BCUT2D eigenvalue weighted by molar-refractivity contribution is 0.626. The second-order valence-corrected chi connectivity index (χ2v) is 8.16. The minimum absolute atomic E-state index is 0. The van der Waals surface area contributed by atoms with Gasteiger partial charge in [-0.05, 0) is 53.6 Å². The van der Waals surface area contributed by atoms with Gasteiger partial charge in [0.1, 0.15) is 5.82 Å². The average Bonchev–Trinajstić information content (AvgIpc) is 2.79. The highest BCUT2D eigenvalue weighted by atomic mass is 127. The smallest absolute Gasteiger partial charge is 0.250 e. The lowest BCUT2D eigenvalue weighted by Crippen LogP contribution is -2.37. The first-order valence-electron chi connectivity index (χ1n) is 10.2. The predicted octanol–water partition coefficient (Wildman–Crippen LogP) is 4.50. The van der Waals surface area contributed by atoms with Crippen molar-refractivity contribution in [2.45, 2.75) is 24.4 Å². The van der Waals surface area contributed by atoms with Gasteiger partial charge in [0.2, 0.25) is 0 Å². The molecule has 170 valence electrons. The van der Waals surface area contributed by atoms with Crippen LogP contribution in [0.4, 0.5) is 4.39 Å². The molecule has 3 rings (SSSR count). The summed E-state index contributed by atoms with van der Waals surface area (Å²) < 4.78 is 14.6. The van der Waals surface area contributed by atoms with Crippen molar-refractivity contribution in [3.8, 4) is 0 Å². The molecule has 2 aromatic carbocycles. The molecule has 0 saturated heterocycles. The monoisotopic (exact) mass is 566 g/mol. The number of hydrogen-bond donors (Lipinski definition) is 2. The maximum atomic E-state index is 12.9. The molecule has 1 aromatic heterocycles. The van der Waals surface area contributed by atoms with E-state index in [9.17, 15) is 9.18 Å². The Kier molecular flexibility index (Phi) is 11.3. The van der Waals surface area contributed by atoms with Crippen LogP contribution < -0.4 is 16.2 Å². The zero-order valence-corrected chi connectivity index (χ0v) is 21.1. The summed E-state index contributed by atoms with van der Waals surface area (Å²) in [5, 5.41) is 6.63. The van der Waals surface area contributed by atoms with Crippen LogP contribution in [-0.4, -0.2) is 29.9 Å². The highest BCUT2D eigenvalue weighted by Crippen LogP contribution is 2.18. The van der Waals surface area contributed by atoms with Crippen molar-refractivity contribution >= 4 is 41.7 Å². The summed E-state index contributed by atoms with van der Waals surface area (Å²) in [6.45, 7) is 2.03. The number of nitrogens with one attached hydrogen (secondary N) is 2. The van der Waals surface area contributed by atoms with Crippen LogP contribution in [-0.2, 0) is 13.1 Å². The van der Waals surface area contributed by atoms with Gasteiger partial charge in [0.15, 0.2) is 5.96 Å². The van der Waals surface area contributed by atoms with Gasteiger partial charge >= 0.3 is 0 Å². The van der Waals surface area contributed by atoms with E-state index in [0.29, 0.717) is 13.1 Å². The third-order valence-electron chi connectivity index (χ3n) is 4.65. The fourth-order valence-electron chi connectivity index (χ4n) is 2.96. The minimum atomic E-state index is -0.206. The molecule has 3 aromatic rings. The van der Waals surface area contributed by atoms with Gasteiger partial charge in [0.25, 0.3) is 5.56 Å². The summed E-state index contributed by atoms with van der Waals surface area (Å²) >= 11 is 1.71. The number of aromatic nitrogens is 1. The number of halogens is 2. The van der Waals surface area contributed by atoms with Crippen molar-refractivity contribution in [1.82, 2.24) is 15.2 Å². The molecule has 0 fully saturated rings. The van der Waals surface area contributed by atoms with Crippen LogP contribution in [0.25, 0.3) is 0 Å². The van der Waals surface area contributed by atoms with Gasteiger partial charge < -0.3 is 15.2 Å². The van der Waals surface area contributed by atoms with E-state index in [1.807, 2.05) is 18.2 Å². The third kappa shape index (κ3) is 8.66. The van der Waals surface area contributed by atoms with Crippen molar-refractivity contribution in [2.24, 2.45) is 4.99 Å². The van der Waals surface area contributed by atoms with Crippen molar-refractivity contribution in [3.63, 3.8) is 0 Å². The van der Waals surface area contributed by atoms with Gasteiger partial charge in [0.05, 0.1) is 6.54 Å². The maximum Gasteiger partial charge on any atom is 0.250 e. The van der Waals surface area contributed by atoms with Crippen LogP contribution in [0.1, 0.15) is 17.5 Å². The Balaban J connectivity index is 0.00000363. The van der Waals surface area contributed by atoms with Gasteiger partial charge in [-0.2, -0.15) is 0 Å². The van der Waals surface area contributed by atoms with E-state index >= 15 is 0 Å². The Morgan fingerprint density at radius 3 is 2.41 bits per heavy atom. The van der Waals surface area contributed by atoms with E-state index in [-0.39, 0.29) is 35.4 Å². The van der Waals surface area contributed by atoms with E-state index in [4.69, 9.17) is 0 Å². The first-order valence-corrected chi connectivity index (χ1v) is 11.2. The topological polar surface area (TPSA) is 58.4 Å². The molecule has 32 heavy (non-hydrogen) atoms. The Morgan fingerprint density at radius 1 is 1.00 bits per heavy atom. The molecule has 0 aliphatic carbocycles. The first-order chi connectivity index (χ1) is 15.1. The number of guanidine groups is 1. The van der Waals surface area contributed by atoms with E-state index in [0.717, 1.165) is 40.7 Å². The Bertz CT molecular complexity index is 1040. The Labute approximate surface area is 209 Å². The minimum Gasteiger partial charge on any atom is -0.356 e. The molecular weight excluding hydrogens is 538 g/mol. The molecule has 0 atom stereocenters. The number of thioether (sulfide) groups is 1.